The highest BCUT2D eigenvalue weighted by Crippen LogP contribution is 2.32. The molecule has 0 amide bonds. The third-order valence-electron chi connectivity index (χ3n) is 6.15. The zero-order valence-corrected chi connectivity index (χ0v) is 18.2. The third kappa shape index (κ3) is 5.92. The van der Waals surface area contributed by atoms with E-state index in [0.717, 1.165) is 0 Å². The zero-order chi connectivity index (χ0) is 26.0. The maximum Gasteiger partial charge on any atom is 0.187 e. The Hall–Kier alpha value is -0.680. The van der Waals surface area contributed by atoms with Crippen LogP contribution in [-0.4, -0.2) is 168 Å². The van der Waals surface area contributed by atoms with Crippen LogP contribution in [0.15, 0.2) is 0 Å². The van der Waals surface area contributed by atoms with Crippen LogP contribution in [0.25, 0.3) is 0 Å². The predicted octanol–water partition coefficient (Wildman–Crippen LogP) is -7.08. The van der Waals surface area contributed by atoms with E-state index in [0.29, 0.717) is 0 Å². The monoisotopic (exact) mass is 520 g/mol. The van der Waals surface area contributed by atoms with E-state index in [1.807, 2.05) is 0 Å². The average Bonchev–Trinajstić information content (AvgIpc) is 2.84. The molecule has 3 aliphatic rings. The van der Waals surface area contributed by atoms with Gasteiger partial charge in [0.05, 0.1) is 13.2 Å². The first-order valence-electron chi connectivity index (χ1n) is 10.8. The SMILES string of the molecule is OC[C@H]1O[C@@H](O[C@H]2[C@H](O)[C@@H](O)[C@H](O[C@H]3[C@H](O)[C@@H](O)[C@@H](O)O[C@@H]3COO)O[C@@H]2CO)[C@H](O)[C@@H](O)[C@@H]1O. The normalized spacial score (nSPS) is 51.3. The molecule has 15 atom stereocenters. The molecule has 0 unspecified atom stereocenters. The van der Waals surface area contributed by atoms with Gasteiger partial charge in [0.1, 0.15) is 79.9 Å². The summed E-state index contributed by atoms with van der Waals surface area (Å²) >= 11 is 0. The Morgan fingerprint density at radius 1 is 0.514 bits per heavy atom. The lowest BCUT2D eigenvalue weighted by Crippen LogP contribution is -2.66. The largest absolute Gasteiger partial charge is 0.394 e. The van der Waals surface area contributed by atoms with Crippen LogP contribution in [0.3, 0.4) is 0 Å². The molecule has 0 aromatic rings. The van der Waals surface area contributed by atoms with Crippen molar-refractivity contribution < 1.29 is 84.9 Å². The minimum Gasteiger partial charge on any atom is -0.394 e. The number of hydrogen-bond donors (Lipinski definition) is 11. The van der Waals surface area contributed by atoms with E-state index in [1.165, 1.54) is 0 Å². The number of hydrogen-bond acceptors (Lipinski definition) is 17. The summed E-state index contributed by atoms with van der Waals surface area (Å²) in [6, 6.07) is 0. The highest BCUT2D eigenvalue weighted by atomic mass is 17.1. The van der Waals surface area contributed by atoms with Crippen molar-refractivity contribution >= 4 is 0 Å². The smallest absolute Gasteiger partial charge is 0.187 e. The fraction of sp³-hybridized carbons (Fsp3) is 1.00. The molecule has 0 aliphatic carbocycles. The van der Waals surface area contributed by atoms with Crippen LogP contribution in [-0.2, 0) is 28.6 Å². The summed E-state index contributed by atoms with van der Waals surface area (Å²) in [6.07, 6.45) is -25.4. The summed E-state index contributed by atoms with van der Waals surface area (Å²) in [7, 11) is 0. The van der Waals surface area contributed by atoms with Gasteiger partial charge in [0.25, 0.3) is 0 Å². The average molecular weight is 520 g/mol. The molecule has 206 valence electrons. The summed E-state index contributed by atoms with van der Waals surface area (Å²) < 4.78 is 26.5. The summed E-state index contributed by atoms with van der Waals surface area (Å²) in [5, 5.41) is 109. The second kappa shape index (κ2) is 12.2. The number of ether oxygens (including phenoxy) is 5. The fourth-order valence-corrected chi connectivity index (χ4v) is 4.12. The van der Waals surface area contributed by atoms with Gasteiger partial charge in [0, 0.05) is 0 Å². The number of aliphatic hydroxyl groups excluding tert-OH is 10. The summed E-state index contributed by atoms with van der Waals surface area (Å²) in [6.45, 7) is -2.22. The lowest BCUT2D eigenvalue weighted by molar-refractivity contribution is -0.383. The Kier molecular flexibility index (Phi) is 10.1. The third-order valence-corrected chi connectivity index (χ3v) is 6.15. The van der Waals surface area contributed by atoms with Crippen molar-refractivity contribution in [2.75, 3.05) is 19.8 Å². The molecule has 35 heavy (non-hydrogen) atoms. The highest BCUT2D eigenvalue weighted by molar-refractivity contribution is 4.96. The molecule has 3 fully saturated rings. The molecular formula is C18H32O17. The minimum atomic E-state index is -1.93. The number of aliphatic hydroxyl groups is 10. The van der Waals surface area contributed by atoms with Crippen molar-refractivity contribution in [1.29, 1.82) is 0 Å². The van der Waals surface area contributed by atoms with Crippen LogP contribution in [0, 0.1) is 0 Å². The van der Waals surface area contributed by atoms with Crippen LogP contribution in [0.4, 0.5) is 0 Å². The van der Waals surface area contributed by atoms with E-state index in [-0.39, 0.29) is 0 Å². The van der Waals surface area contributed by atoms with Crippen molar-refractivity contribution in [1.82, 2.24) is 0 Å². The van der Waals surface area contributed by atoms with Gasteiger partial charge in [-0.1, -0.05) is 0 Å². The van der Waals surface area contributed by atoms with Gasteiger partial charge < -0.3 is 74.7 Å². The van der Waals surface area contributed by atoms with Gasteiger partial charge in [-0.05, 0) is 0 Å². The van der Waals surface area contributed by atoms with E-state index < -0.39 is 112 Å². The first-order valence-corrected chi connectivity index (χ1v) is 10.8. The molecule has 3 heterocycles. The first-order chi connectivity index (χ1) is 16.5. The first kappa shape index (κ1) is 28.9. The predicted molar refractivity (Wildman–Crippen MR) is 103 cm³/mol. The lowest BCUT2D eigenvalue weighted by atomic mass is 9.96. The molecule has 0 bridgehead atoms. The van der Waals surface area contributed by atoms with Gasteiger partial charge in [-0.2, -0.15) is 0 Å². The minimum absolute atomic E-state index is 0.636. The Balaban J connectivity index is 1.72. The van der Waals surface area contributed by atoms with E-state index in [9.17, 15) is 51.1 Å². The molecule has 3 saturated heterocycles. The second-order valence-corrected chi connectivity index (χ2v) is 8.45. The molecule has 3 aliphatic heterocycles. The van der Waals surface area contributed by atoms with Crippen LogP contribution >= 0.6 is 0 Å². The van der Waals surface area contributed by atoms with E-state index in [1.54, 1.807) is 0 Å². The Bertz CT molecular complexity index is 653. The van der Waals surface area contributed by atoms with E-state index in [2.05, 4.69) is 4.89 Å². The fourth-order valence-electron chi connectivity index (χ4n) is 4.12. The molecule has 0 aromatic heterocycles. The Morgan fingerprint density at radius 3 is 1.54 bits per heavy atom. The van der Waals surface area contributed by atoms with Gasteiger partial charge in [0.2, 0.25) is 0 Å². The van der Waals surface area contributed by atoms with Gasteiger partial charge in [-0.3, -0.25) is 5.26 Å². The number of rotatable bonds is 8. The van der Waals surface area contributed by atoms with Crippen LogP contribution in [0.1, 0.15) is 0 Å². The molecule has 0 saturated carbocycles. The molecular weight excluding hydrogens is 488 g/mol. The summed E-state index contributed by atoms with van der Waals surface area (Å²) in [5.74, 6) is 0. The lowest BCUT2D eigenvalue weighted by Gasteiger charge is -2.47. The quantitative estimate of drug-likeness (QED) is 0.105. The zero-order valence-electron chi connectivity index (χ0n) is 18.2. The Labute approximate surface area is 197 Å². The maximum atomic E-state index is 10.6. The van der Waals surface area contributed by atoms with Gasteiger partial charge in [-0.15, -0.1) is 0 Å². The van der Waals surface area contributed by atoms with Crippen molar-refractivity contribution in [3.63, 3.8) is 0 Å². The van der Waals surface area contributed by atoms with Crippen molar-refractivity contribution in [2.24, 2.45) is 0 Å². The molecule has 0 aromatic carbocycles. The van der Waals surface area contributed by atoms with Crippen molar-refractivity contribution in [3.05, 3.63) is 0 Å². The van der Waals surface area contributed by atoms with E-state index >= 15 is 0 Å². The van der Waals surface area contributed by atoms with Crippen LogP contribution in [0.5, 0.6) is 0 Å². The maximum absolute atomic E-state index is 10.6. The standard InChI is InChI=1S/C18H32O17/c19-1-4-7(21)8(22)12(26)17(32-4)34-14-5(2-20)33-18(13(27)10(14)24)35-15-6(3-30-29)31-16(28)11(25)9(15)23/h4-29H,1-3H2/t4-,5-,6-,7-,8+,9-,10-,11-,12-,13-,14-,15-,16+,17+,18+/m1/s1. The van der Waals surface area contributed by atoms with E-state index in [4.69, 9.17) is 28.9 Å². The topological polar surface area (TPSA) is 278 Å². The van der Waals surface area contributed by atoms with Gasteiger partial charge >= 0.3 is 0 Å². The van der Waals surface area contributed by atoms with Crippen LogP contribution < -0.4 is 0 Å². The van der Waals surface area contributed by atoms with Gasteiger partial charge in [0.15, 0.2) is 18.9 Å². The Morgan fingerprint density at radius 2 is 1.00 bits per heavy atom. The highest BCUT2D eigenvalue weighted by Gasteiger charge is 2.53. The second-order valence-electron chi connectivity index (χ2n) is 8.45. The molecule has 11 N–H and O–H groups in total. The summed E-state index contributed by atoms with van der Waals surface area (Å²) in [4.78, 5) is 3.95. The van der Waals surface area contributed by atoms with Crippen molar-refractivity contribution in [3.8, 4) is 0 Å². The molecule has 17 heteroatoms. The molecule has 17 nitrogen and oxygen atoms in total. The molecule has 0 radical (unpaired) electrons. The van der Waals surface area contributed by atoms with Gasteiger partial charge in [-0.25, -0.2) is 4.89 Å². The van der Waals surface area contributed by atoms with Crippen LogP contribution in [0.2, 0.25) is 0 Å². The van der Waals surface area contributed by atoms with Crippen molar-refractivity contribution in [2.45, 2.75) is 92.1 Å². The molecule has 3 rings (SSSR count). The molecule has 0 spiro atoms. The summed E-state index contributed by atoms with van der Waals surface area (Å²) in [5.41, 5.74) is 0.